The summed E-state index contributed by atoms with van der Waals surface area (Å²) in [6.07, 6.45) is 5.50. The van der Waals surface area contributed by atoms with Crippen molar-refractivity contribution < 1.29 is 4.79 Å². The Kier molecular flexibility index (Phi) is 4.48. The third kappa shape index (κ3) is 3.61. The lowest BCUT2D eigenvalue weighted by molar-refractivity contribution is 0.262. The molecule has 7 heteroatoms. The molecule has 2 aromatic heterocycles. The number of imidazole rings is 1. The van der Waals surface area contributed by atoms with Crippen molar-refractivity contribution in [1.29, 1.82) is 0 Å². The minimum absolute atomic E-state index is 0.361. The van der Waals surface area contributed by atoms with E-state index in [0.717, 1.165) is 16.8 Å². The number of rotatable bonds is 3. The summed E-state index contributed by atoms with van der Waals surface area (Å²) in [4.78, 5) is 21.1. The van der Waals surface area contributed by atoms with E-state index in [0.29, 0.717) is 22.2 Å². The second-order valence-corrected chi connectivity index (χ2v) is 6.45. The normalized spacial score (nSPS) is 10.7. The van der Waals surface area contributed by atoms with E-state index in [1.54, 1.807) is 18.3 Å². The highest BCUT2D eigenvalue weighted by Crippen LogP contribution is 2.26. The number of para-hydroxylation sites is 1. The quantitative estimate of drug-likeness (QED) is 0.527. The molecular formula is C20H16ClN5O. The minimum atomic E-state index is -0.361. The van der Waals surface area contributed by atoms with Gasteiger partial charge in [0.15, 0.2) is 0 Å². The Morgan fingerprint density at radius 2 is 1.89 bits per heavy atom. The van der Waals surface area contributed by atoms with Crippen molar-refractivity contribution in [1.82, 2.24) is 14.4 Å². The Morgan fingerprint density at radius 3 is 2.70 bits per heavy atom. The van der Waals surface area contributed by atoms with E-state index in [2.05, 4.69) is 20.6 Å². The van der Waals surface area contributed by atoms with Crippen LogP contribution in [0, 0.1) is 6.92 Å². The summed E-state index contributed by atoms with van der Waals surface area (Å²) in [5, 5.41) is 6.11. The van der Waals surface area contributed by atoms with Crippen molar-refractivity contribution in [2.24, 2.45) is 0 Å². The highest BCUT2D eigenvalue weighted by Gasteiger charge is 2.10. The van der Waals surface area contributed by atoms with Gasteiger partial charge in [-0.15, -0.1) is 0 Å². The molecule has 4 aromatic rings. The van der Waals surface area contributed by atoms with Crippen molar-refractivity contribution in [3.05, 3.63) is 77.7 Å². The van der Waals surface area contributed by atoms with Crippen molar-refractivity contribution in [3.8, 4) is 11.3 Å². The summed E-state index contributed by atoms with van der Waals surface area (Å²) >= 11 is 6.09. The summed E-state index contributed by atoms with van der Waals surface area (Å²) in [6.45, 7) is 1.93. The van der Waals surface area contributed by atoms with Crippen LogP contribution in [0.2, 0.25) is 5.02 Å². The first-order valence-electron chi connectivity index (χ1n) is 8.33. The maximum Gasteiger partial charge on any atom is 0.323 e. The van der Waals surface area contributed by atoms with Gasteiger partial charge in [-0.2, -0.15) is 0 Å². The molecule has 134 valence electrons. The summed E-state index contributed by atoms with van der Waals surface area (Å²) in [5.41, 5.74) is 3.86. The first-order chi connectivity index (χ1) is 13.1. The Hall–Kier alpha value is -3.38. The molecule has 2 amide bonds. The molecule has 0 fully saturated rings. The molecule has 0 radical (unpaired) electrons. The lowest BCUT2D eigenvalue weighted by Gasteiger charge is -2.12. The fourth-order valence-corrected chi connectivity index (χ4v) is 2.91. The topological polar surface area (TPSA) is 71.3 Å². The molecule has 0 spiro atoms. The fourth-order valence-electron chi connectivity index (χ4n) is 2.72. The minimum Gasteiger partial charge on any atom is -0.307 e. The summed E-state index contributed by atoms with van der Waals surface area (Å²) < 4.78 is 1.85. The third-order valence-corrected chi connectivity index (χ3v) is 4.47. The van der Waals surface area contributed by atoms with E-state index in [9.17, 15) is 4.79 Å². The summed E-state index contributed by atoms with van der Waals surface area (Å²) in [7, 11) is 0. The van der Waals surface area contributed by atoms with Crippen LogP contribution < -0.4 is 10.6 Å². The van der Waals surface area contributed by atoms with Crippen LogP contribution in [0.3, 0.4) is 0 Å². The standard InChI is InChI=1S/C20H16ClN5O/c1-13-7-8-14(18-12-26-10-4-9-22-19(26)23-18)11-17(13)25-20(27)24-16-6-3-2-5-15(16)21/h2-12H,1H3,(H2,24,25,27). The maximum atomic E-state index is 12.4. The third-order valence-electron chi connectivity index (χ3n) is 4.14. The first kappa shape index (κ1) is 17.1. The predicted molar refractivity (Wildman–Crippen MR) is 107 cm³/mol. The van der Waals surface area contributed by atoms with Crippen LogP contribution >= 0.6 is 11.6 Å². The predicted octanol–water partition coefficient (Wildman–Crippen LogP) is 5.00. The average molecular weight is 378 g/mol. The number of urea groups is 1. The maximum absolute atomic E-state index is 12.4. The van der Waals surface area contributed by atoms with Crippen LogP contribution in [0.4, 0.5) is 16.2 Å². The Labute approximate surface area is 160 Å². The molecule has 2 N–H and O–H groups in total. The van der Waals surface area contributed by atoms with Crippen molar-refractivity contribution in [2.45, 2.75) is 6.92 Å². The number of halogens is 1. The van der Waals surface area contributed by atoms with Gasteiger partial charge in [-0.3, -0.25) is 4.40 Å². The van der Waals surface area contributed by atoms with Crippen LogP contribution in [0.5, 0.6) is 0 Å². The second-order valence-electron chi connectivity index (χ2n) is 6.04. The van der Waals surface area contributed by atoms with E-state index in [-0.39, 0.29) is 6.03 Å². The van der Waals surface area contributed by atoms with E-state index >= 15 is 0 Å². The molecule has 2 aromatic carbocycles. The molecule has 0 unspecified atom stereocenters. The van der Waals surface area contributed by atoms with Gasteiger partial charge in [0.25, 0.3) is 0 Å². The van der Waals surface area contributed by atoms with E-state index < -0.39 is 0 Å². The molecule has 27 heavy (non-hydrogen) atoms. The largest absolute Gasteiger partial charge is 0.323 e. The second kappa shape index (κ2) is 7.09. The number of benzene rings is 2. The van der Waals surface area contributed by atoms with E-state index in [1.165, 1.54) is 0 Å². The van der Waals surface area contributed by atoms with Gasteiger partial charge in [-0.1, -0.05) is 35.9 Å². The zero-order valence-corrected chi connectivity index (χ0v) is 15.2. The number of carbonyl (C=O) groups excluding carboxylic acids is 1. The van der Waals surface area contributed by atoms with Gasteiger partial charge < -0.3 is 10.6 Å². The summed E-state index contributed by atoms with van der Waals surface area (Å²) in [5.74, 6) is 0.624. The molecule has 0 atom stereocenters. The van der Waals surface area contributed by atoms with Gasteiger partial charge in [0, 0.05) is 29.8 Å². The number of hydrogen-bond acceptors (Lipinski definition) is 3. The SMILES string of the molecule is Cc1ccc(-c2cn3cccnc3n2)cc1NC(=O)Nc1ccccc1Cl. The number of nitrogens with one attached hydrogen (secondary N) is 2. The van der Waals surface area contributed by atoms with Gasteiger partial charge in [0.05, 0.1) is 16.4 Å². The van der Waals surface area contributed by atoms with Crippen LogP contribution in [0.15, 0.2) is 67.1 Å². The molecule has 0 aliphatic carbocycles. The molecule has 4 rings (SSSR count). The number of carbonyl (C=O) groups is 1. The molecule has 0 saturated carbocycles. The molecule has 0 saturated heterocycles. The monoisotopic (exact) mass is 377 g/mol. The lowest BCUT2D eigenvalue weighted by Crippen LogP contribution is -2.20. The van der Waals surface area contributed by atoms with Crippen LogP contribution in [-0.2, 0) is 0 Å². The molecule has 0 aliphatic heterocycles. The van der Waals surface area contributed by atoms with Crippen molar-refractivity contribution in [2.75, 3.05) is 10.6 Å². The van der Waals surface area contributed by atoms with Gasteiger partial charge in [0.1, 0.15) is 0 Å². The zero-order chi connectivity index (χ0) is 18.8. The Morgan fingerprint density at radius 1 is 1.07 bits per heavy atom. The zero-order valence-electron chi connectivity index (χ0n) is 14.5. The van der Waals surface area contributed by atoms with Crippen LogP contribution in [-0.4, -0.2) is 20.4 Å². The van der Waals surface area contributed by atoms with Crippen LogP contribution in [0.1, 0.15) is 5.56 Å². The van der Waals surface area contributed by atoms with Gasteiger partial charge in [0.2, 0.25) is 5.78 Å². The van der Waals surface area contributed by atoms with Crippen molar-refractivity contribution in [3.63, 3.8) is 0 Å². The van der Waals surface area contributed by atoms with Gasteiger partial charge in [-0.25, -0.2) is 14.8 Å². The highest BCUT2D eigenvalue weighted by molar-refractivity contribution is 6.33. The summed E-state index contributed by atoms with van der Waals surface area (Å²) in [6, 6.07) is 14.4. The number of amides is 2. The lowest BCUT2D eigenvalue weighted by atomic mass is 10.1. The number of hydrogen-bond donors (Lipinski definition) is 2. The fraction of sp³-hybridized carbons (Fsp3) is 0.0500. The van der Waals surface area contributed by atoms with Crippen LogP contribution in [0.25, 0.3) is 17.0 Å². The number of aromatic nitrogens is 3. The first-order valence-corrected chi connectivity index (χ1v) is 8.71. The van der Waals surface area contributed by atoms with Gasteiger partial charge >= 0.3 is 6.03 Å². The molecule has 2 heterocycles. The Bertz CT molecular complexity index is 1110. The number of aryl methyl sites for hydroxylation is 1. The average Bonchev–Trinajstić information content (AvgIpc) is 3.09. The molecule has 0 bridgehead atoms. The number of anilines is 2. The number of nitrogens with zero attached hydrogens (tertiary/aromatic N) is 3. The number of fused-ring (bicyclic) bond motifs is 1. The van der Waals surface area contributed by atoms with Crippen molar-refractivity contribution >= 4 is 34.8 Å². The smallest absolute Gasteiger partial charge is 0.307 e. The molecular weight excluding hydrogens is 362 g/mol. The van der Waals surface area contributed by atoms with E-state index in [4.69, 9.17) is 11.6 Å². The Balaban J connectivity index is 1.59. The highest BCUT2D eigenvalue weighted by atomic mass is 35.5. The van der Waals surface area contributed by atoms with Gasteiger partial charge in [-0.05, 0) is 36.8 Å². The molecule has 6 nitrogen and oxygen atoms in total. The molecule has 0 aliphatic rings. The van der Waals surface area contributed by atoms with E-state index in [1.807, 2.05) is 60.1 Å².